The van der Waals surface area contributed by atoms with Crippen molar-refractivity contribution in [3.05, 3.63) is 42.0 Å². The van der Waals surface area contributed by atoms with E-state index in [-0.39, 0.29) is 30.5 Å². The summed E-state index contributed by atoms with van der Waals surface area (Å²) >= 11 is 0. The molecule has 2 aliphatic rings. The lowest BCUT2D eigenvalue weighted by Gasteiger charge is -2.23. The van der Waals surface area contributed by atoms with Crippen LogP contribution in [0.3, 0.4) is 0 Å². The van der Waals surface area contributed by atoms with Crippen LogP contribution in [0.4, 0.5) is 0 Å². The summed E-state index contributed by atoms with van der Waals surface area (Å²) < 4.78 is 9.60. The van der Waals surface area contributed by atoms with Crippen molar-refractivity contribution in [2.75, 3.05) is 14.2 Å². The molecule has 0 radical (unpaired) electrons. The molecule has 1 saturated carbocycles. The van der Waals surface area contributed by atoms with Gasteiger partial charge >= 0.3 is 11.9 Å². The number of ketones is 1. The van der Waals surface area contributed by atoms with Crippen molar-refractivity contribution in [1.29, 1.82) is 0 Å². The van der Waals surface area contributed by atoms with Crippen molar-refractivity contribution in [1.82, 2.24) is 0 Å². The fraction of sp³-hybridized carbons (Fsp3) is 0.389. The molecule has 2 aliphatic carbocycles. The second-order valence-electron chi connectivity index (χ2n) is 6.05. The maximum Gasteiger partial charge on any atom is 0.323 e. The number of Topliss-reactive ketones (excluding diaryl/α,β-unsaturated/α-hetero) is 1. The normalized spacial score (nSPS) is 24.8. The van der Waals surface area contributed by atoms with E-state index >= 15 is 0 Å². The minimum atomic E-state index is -1.37. The molecule has 0 unspecified atom stereocenters. The van der Waals surface area contributed by atoms with Gasteiger partial charge in [0.15, 0.2) is 11.2 Å². The third-order valence-electron chi connectivity index (χ3n) is 4.89. The Morgan fingerprint density at radius 1 is 1.04 bits per heavy atom. The Balaban J connectivity index is 1.94. The van der Waals surface area contributed by atoms with E-state index in [9.17, 15) is 14.4 Å². The molecule has 120 valence electrons. The van der Waals surface area contributed by atoms with Crippen LogP contribution >= 0.6 is 0 Å². The van der Waals surface area contributed by atoms with Crippen molar-refractivity contribution in [3.63, 3.8) is 0 Å². The molecule has 0 bridgehead atoms. The van der Waals surface area contributed by atoms with Crippen LogP contribution < -0.4 is 0 Å². The SMILES string of the molecule is COC(=O)C1(C(=O)OC)C[C@H]2C=C(c3ccccc3)C(=O)[C@H]2C1. The van der Waals surface area contributed by atoms with E-state index in [4.69, 9.17) is 9.47 Å². The molecule has 23 heavy (non-hydrogen) atoms. The number of rotatable bonds is 3. The number of methoxy groups -OCH3 is 2. The number of hydrogen-bond acceptors (Lipinski definition) is 5. The second-order valence-corrected chi connectivity index (χ2v) is 6.05. The molecule has 2 atom stereocenters. The first-order chi connectivity index (χ1) is 11.0. The fourth-order valence-corrected chi connectivity index (χ4v) is 3.78. The number of fused-ring (bicyclic) bond motifs is 1. The van der Waals surface area contributed by atoms with Crippen molar-refractivity contribution in [2.45, 2.75) is 12.8 Å². The molecule has 0 saturated heterocycles. The second kappa shape index (κ2) is 5.65. The quantitative estimate of drug-likeness (QED) is 0.630. The minimum Gasteiger partial charge on any atom is -0.468 e. The van der Waals surface area contributed by atoms with Gasteiger partial charge in [-0.2, -0.15) is 0 Å². The van der Waals surface area contributed by atoms with Gasteiger partial charge in [0.1, 0.15) is 0 Å². The Bertz CT molecular complexity index is 673. The van der Waals surface area contributed by atoms with Crippen LogP contribution in [0.2, 0.25) is 0 Å². The van der Waals surface area contributed by atoms with E-state index in [2.05, 4.69) is 0 Å². The lowest BCUT2D eigenvalue weighted by atomic mass is 9.83. The zero-order chi connectivity index (χ0) is 16.6. The van der Waals surface area contributed by atoms with Crippen LogP contribution in [0.1, 0.15) is 18.4 Å². The topological polar surface area (TPSA) is 69.7 Å². The Morgan fingerprint density at radius 2 is 1.65 bits per heavy atom. The largest absolute Gasteiger partial charge is 0.468 e. The monoisotopic (exact) mass is 314 g/mol. The summed E-state index contributed by atoms with van der Waals surface area (Å²) in [4.78, 5) is 37.1. The van der Waals surface area contributed by atoms with Gasteiger partial charge in [-0.3, -0.25) is 14.4 Å². The molecule has 0 aromatic heterocycles. The molecule has 0 amide bonds. The van der Waals surface area contributed by atoms with Crippen LogP contribution in [0.15, 0.2) is 36.4 Å². The molecule has 3 rings (SSSR count). The Morgan fingerprint density at radius 3 is 2.17 bits per heavy atom. The molecule has 5 heteroatoms. The predicted octanol–water partition coefficient (Wildman–Crippen LogP) is 2.01. The average Bonchev–Trinajstić information content (AvgIpc) is 3.11. The van der Waals surface area contributed by atoms with Gasteiger partial charge in [-0.1, -0.05) is 36.4 Å². The van der Waals surface area contributed by atoms with Crippen LogP contribution in [-0.2, 0) is 23.9 Å². The average molecular weight is 314 g/mol. The van der Waals surface area contributed by atoms with Crippen LogP contribution in [-0.4, -0.2) is 31.9 Å². The number of benzene rings is 1. The number of esters is 2. The molecule has 0 aliphatic heterocycles. The summed E-state index contributed by atoms with van der Waals surface area (Å²) in [7, 11) is 2.49. The highest BCUT2D eigenvalue weighted by atomic mass is 16.5. The van der Waals surface area contributed by atoms with Gasteiger partial charge in [0.2, 0.25) is 0 Å². The maximum absolute atomic E-state index is 12.7. The van der Waals surface area contributed by atoms with Crippen molar-refractivity contribution < 1.29 is 23.9 Å². The smallest absolute Gasteiger partial charge is 0.323 e. The molecular weight excluding hydrogens is 296 g/mol. The molecule has 0 heterocycles. The van der Waals surface area contributed by atoms with Crippen molar-refractivity contribution in [3.8, 4) is 0 Å². The molecular formula is C18H18O5. The molecule has 0 spiro atoms. The predicted molar refractivity (Wildman–Crippen MR) is 82.1 cm³/mol. The first kappa shape index (κ1) is 15.5. The molecule has 1 aromatic carbocycles. The molecule has 5 nitrogen and oxygen atoms in total. The number of ether oxygens (including phenoxy) is 2. The highest BCUT2D eigenvalue weighted by Gasteiger charge is 2.60. The summed E-state index contributed by atoms with van der Waals surface area (Å²) in [6.07, 6.45) is 2.28. The Kier molecular flexibility index (Phi) is 3.80. The zero-order valence-electron chi connectivity index (χ0n) is 13.1. The molecule has 1 fully saturated rings. The standard InChI is InChI=1S/C18H18O5/c1-22-16(20)18(17(21)23-2)9-12-8-13(15(19)14(12)10-18)11-6-4-3-5-7-11/h3-8,12,14H,9-10H2,1-2H3/t12-,14+/m1/s1. The van der Waals surface area contributed by atoms with Gasteiger partial charge in [0.25, 0.3) is 0 Å². The van der Waals surface area contributed by atoms with Gasteiger partial charge in [-0.05, 0) is 24.3 Å². The third kappa shape index (κ3) is 2.27. The summed E-state index contributed by atoms with van der Waals surface area (Å²) in [5.74, 6) is -1.78. The van der Waals surface area contributed by atoms with Gasteiger partial charge < -0.3 is 9.47 Å². The van der Waals surface area contributed by atoms with E-state index in [0.717, 1.165) is 5.56 Å². The number of carbonyl (C=O) groups is 3. The summed E-state index contributed by atoms with van der Waals surface area (Å²) in [6.45, 7) is 0. The lowest BCUT2D eigenvalue weighted by Crippen LogP contribution is -2.39. The lowest BCUT2D eigenvalue weighted by molar-refractivity contribution is -0.169. The Labute approximate surface area is 134 Å². The fourth-order valence-electron chi connectivity index (χ4n) is 3.78. The first-order valence-electron chi connectivity index (χ1n) is 7.52. The first-order valence-corrected chi connectivity index (χ1v) is 7.52. The van der Waals surface area contributed by atoms with Gasteiger partial charge in [-0.25, -0.2) is 0 Å². The van der Waals surface area contributed by atoms with Gasteiger partial charge in [0.05, 0.1) is 14.2 Å². The maximum atomic E-state index is 12.7. The van der Waals surface area contributed by atoms with E-state index in [1.54, 1.807) is 0 Å². The zero-order valence-corrected chi connectivity index (χ0v) is 13.1. The third-order valence-corrected chi connectivity index (χ3v) is 4.89. The minimum absolute atomic E-state index is 0.0177. The summed E-state index contributed by atoms with van der Waals surface area (Å²) in [5.41, 5.74) is 0.172. The number of allylic oxidation sites excluding steroid dienone is 2. The van der Waals surface area contributed by atoms with E-state index in [1.165, 1.54) is 14.2 Å². The van der Waals surface area contributed by atoms with Crippen LogP contribution in [0.25, 0.3) is 5.57 Å². The van der Waals surface area contributed by atoms with Gasteiger partial charge in [0, 0.05) is 11.5 Å². The van der Waals surface area contributed by atoms with Crippen LogP contribution in [0, 0.1) is 17.3 Å². The molecule has 0 N–H and O–H groups in total. The summed E-state index contributed by atoms with van der Waals surface area (Å²) in [5, 5.41) is 0. The van der Waals surface area contributed by atoms with E-state index in [1.807, 2.05) is 36.4 Å². The highest BCUT2D eigenvalue weighted by Crippen LogP contribution is 2.53. The van der Waals surface area contributed by atoms with Crippen molar-refractivity contribution in [2.24, 2.45) is 17.3 Å². The number of hydrogen-bond donors (Lipinski definition) is 0. The highest BCUT2D eigenvalue weighted by molar-refractivity contribution is 6.24. The van der Waals surface area contributed by atoms with Crippen molar-refractivity contribution >= 4 is 23.3 Å². The van der Waals surface area contributed by atoms with Gasteiger partial charge in [-0.15, -0.1) is 0 Å². The van der Waals surface area contributed by atoms with E-state index < -0.39 is 17.4 Å². The molecule has 1 aromatic rings. The summed E-state index contributed by atoms with van der Waals surface area (Å²) in [6, 6.07) is 9.43. The number of carbonyl (C=O) groups excluding carboxylic acids is 3. The van der Waals surface area contributed by atoms with Crippen LogP contribution in [0.5, 0.6) is 0 Å². The van der Waals surface area contributed by atoms with E-state index in [0.29, 0.717) is 5.57 Å². The Hall–Kier alpha value is -2.43.